The fourth-order valence-corrected chi connectivity index (χ4v) is 3.13. The number of halogens is 1. The van der Waals surface area contributed by atoms with E-state index in [2.05, 4.69) is 53.0 Å². The van der Waals surface area contributed by atoms with Crippen molar-refractivity contribution in [3.8, 4) is 0 Å². The molecule has 0 aromatic rings. The third kappa shape index (κ3) is 7.80. The molecule has 1 saturated heterocycles. The molecule has 0 aromatic heterocycles. The van der Waals surface area contributed by atoms with Crippen LogP contribution in [0.3, 0.4) is 0 Å². The van der Waals surface area contributed by atoms with Gasteiger partial charge in [-0.05, 0) is 19.3 Å². The quantitative estimate of drug-likeness (QED) is 0.246. The van der Waals surface area contributed by atoms with Gasteiger partial charge in [-0.3, -0.25) is 9.89 Å². The summed E-state index contributed by atoms with van der Waals surface area (Å²) < 4.78 is 5.49. The number of hydrogen-bond acceptors (Lipinski definition) is 4. The van der Waals surface area contributed by atoms with Crippen molar-refractivity contribution in [2.24, 2.45) is 10.9 Å². The zero-order chi connectivity index (χ0) is 17.4. The van der Waals surface area contributed by atoms with Crippen LogP contribution in [0.1, 0.15) is 27.2 Å². The van der Waals surface area contributed by atoms with E-state index < -0.39 is 6.10 Å². The van der Waals surface area contributed by atoms with E-state index in [1.165, 1.54) is 6.42 Å². The minimum Gasteiger partial charge on any atom is -0.389 e. The molecule has 0 bridgehead atoms. The van der Waals surface area contributed by atoms with E-state index in [0.717, 1.165) is 38.7 Å². The number of hydrogen-bond donors (Lipinski definition) is 2. The van der Waals surface area contributed by atoms with Crippen LogP contribution >= 0.6 is 24.0 Å². The first-order valence-corrected chi connectivity index (χ1v) is 9.28. The number of aliphatic hydroxyl groups is 1. The molecular formula is C18H35IN4O2. The Bertz CT molecular complexity index is 423. The van der Waals surface area contributed by atoms with Crippen LogP contribution in [0.4, 0.5) is 0 Å². The van der Waals surface area contributed by atoms with Gasteiger partial charge in [-0.15, -0.1) is 24.0 Å². The number of ether oxygens (including phenoxy) is 1. The molecule has 0 aliphatic carbocycles. The second-order valence-electron chi connectivity index (χ2n) is 7.09. The maximum absolute atomic E-state index is 10.1. The molecule has 2 N–H and O–H groups in total. The summed E-state index contributed by atoms with van der Waals surface area (Å²) >= 11 is 0. The van der Waals surface area contributed by atoms with E-state index in [0.29, 0.717) is 31.7 Å². The molecule has 2 aliphatic heterocycles. The molecule has 2 rings (SSSR count). The Morgan fingerprint density at radius 3 is 2.68 bits per heavy atom. The molecule has 0 amide bonds. The monoisotopic (exact) mass is 466 g/mol. The molecule has 146 valence electrons. The average molecular weight is 466 g/mol. The highest BCUT2D eigenvalue weighted by Gasteiger charge is 2.29. The van der Waals surface area contributed by atoms with Crippen LogP contribution in [0.15, 0.2) is 17.1 Å². The van der Waals surface area contributed by atoms with E-state index in [1.54, 1.807) is 0 Å². The molecule has 2 unspecified atom stereocenters. The SMILES string of the molecule is CCNC(=NCC(O)COCC(C)C)N1CCC(N2CC=CC2)C1.I. The summed E-state index contributed by atoms with van der Waals surface area (Å²) in [5.74, 6) is 1.40. The van der Waals surface area contributed by atoms with Gasteiger partial charge in [0.1, 0.15) is 0 Å². The van der Waals surface area contributed by atoms with Crippen molar-refractivity contribution in [2.75, 3.05) is 52.5 Å². The Balaban J connectivity index is 0.00000312. The highest BCUT2D eigenvalue weighted by molar-refractivity contribution is 14.0. The topological polar surface area (TPSA) is 60.3 Å². The van der Waals surface area contributed by atoms with Crippen LogP contribution in [-0.4, -0.2) is 85.5 Å². The van der Waals surface area contributed by atoms with Crippen molar-refractivity contribution in [2.45, 2.75) is 39.3 Å². The molecular weight excluding hydrogens is 431 g/mol. The fraction of sp³-hybridized carbons (Fsp3) is 0.833. The third-order valence-corrected chi connectivity index (χ3v) is 4.37. The largest absolute Gasteiger partial charge is 0.389 e. The Labute approximate surface area is 169 Å². The smallest absolute Gasteiger partial charge is 0.194 e. The van der Waals surface area contributed by atoms with E-state index in [1.807, 2.05) is 0 Å². The van der Waals surface area contributed by atoms with Gasteiger partial charge in [0, 0.05) is 45.4 Å². The predicted octanol–water partition coefficient (Wildman–Crippen LogP) is 1.55. The lowest BCUT2D eigenvalue weighted by atomic mass is 10.2. The fourth-order valence-electron chi connectivity index (χ4n) is 3.13. The summed E-state index contributed by atoms with van der Waals surface area (Å²) in [6.45, 7) is 12.7. The summed E-state index contributed by atoms with van der Waals surface area (Å²) in [4.78, 5) is 9.45. The van der Waals surface area contributed by atoms with Gasteiger partial charge in [-0.2, -0.15) is 0 Å². The van der Waals surface area contributed by atoms with Gasteiger partial charge < -0.3 is 20.1 Å². The lowest BCUT2D eigenvalue weighted by Gasteiger charge is -2.25. The summed E-state index contributed by atoms with van der Waals surface area (Å²) in [5, 5.41) is 13.4. The zero-order valence-corrected chi connectivity index (χ0v) is 18.2. The number of nitrogens with zero attached hydrogens (tertiary/aromatic N) is 3. The minimum atomic E-state index is -0.543. The molecule has 0 saturated carbocycles. The lowest BCUT2D eigenvalue weighted by molar-refractivity contribution is 0.0300. The van der Waals surface area contributed by atoms with Gasteiger partial charge in [0.25, 0.3) is 0 Å². The van der Waals surface area contributed by atoms with Crippen molar-refractivity contribution in [1.82, 2.24) is 15.1 Å². The Morgan fingerprint density at radius 1 is 1.32 bits per heavy atom. The van der Waals surface area contributed by atoms with Crippen molar-refractivity contribution in [1.29, 1.82) is 0 Å². The zero-order valence-electron chi connectivity index (χ0n) is 15.9. The standard InChI is InChI=1S/C18H34N4O2.HI/c1-4-19-18(20-11-17(23)14-24-13-15(2)3)22-10-7-16(12-22)21-8-5-6-9-21;/h5-6,15-17,23H,4,7-14H2,1-3H3,(H,19,20);1H. The number of aliphatic hydroxyl groups excluding tert-OH is 1. The maximum atomic E-state index is 10.1. The highest BCUT2D eigenvalue weighted by atomic mass is 127. The number of guanidine groups is 1. The van der Waals surface area contributed by atoms with E-state index in [9.17, 15) is 5.11 Å². The van der Waals surface area contributed by atoms with Gasteiger partial charge in [0.15, 0.2) is 5.96 Å². The highest BCUT2D eigenvalue weighted by Crippen LogP contribution is 2.17. The van der Waals surface area contributed by atoms with Crippen LogP contribution in [-0.2, 0) is 4.74 Å². The first-order chi connectivity index (χ1) is 11.6. The number of aliphatic imine (C=N–C) groups is 1. The molecule has 25 heavy (non-hydrogen) atoms. The maximum Gasteiger partial charge on any atom is 0.194 e. The van der Waals surface area contributed by atoms with Gasteiger partial charge in [-0.1, -0.05) is 26.0 Å². The molecule has 2 aliphatic rings. The van der Waals surface area contributed by atoms with Gasteiger partial charge in [0.2, 0.25) is 0 Å². The van der Waals surface area contributed by atoms with Crippen molar-refractivity contribution in [3.63, 3.8) is 0 Å². The third-order valence-electron chi connectivity index (χ3n) is 4.37. The summed E-state index contributed by atoms with van der Waals surface area (Å²) in [6, 6.07) is 0.600. The first-order valence-electron chi connectivity index (χ1n) is 9.28. The summed E-state index contributed by atoms with van der Waals surface area (Å²) in [7, 11) is 0. The van der Waals surface area contributed by atoms with Gasteiger partial charge >= 0.3 is 0 Å². The lowest BCUT2D eigenvalue weighted by Crippen LogP contribution is -2.43. The number of rotatable bonds is 8. The second-order valence-corrected chi connectivity index (χ2v) is 7.09. The van der Waals surface area contributed by atoms with E-state index in [4.69, 9.17) is 4.74 Å². The minimum absolute atomic E-state index is 0. The van der Waals surface area contributed by atoms with Gasteiger partial charge in [-0.25, -0.2) is 0 Å². The van der Waals surface area contributed by atoms with Crippen LogP contribution in [0.25, 0.3) is 0 Å². The van der Waals surface area contributed by atoms with Crippen molar-refractivity contribution in [3.05, 3.63) is 12.2 Å². The van der Waals surface area contributed by atoms with Gasteiger partial charge in [0.05, 0.1) is 19.3 Å². The molecule has 1 fully saturated rings. The van der Waals surface area contributed by atoms with Crippen molar-refractivity contribution < 1.29 is 9.84 Å². The molecule has 0 radical (unpaired) electrons. The first kappa shape index (κ1) is 22.7. The second kappa shape index (κ2) is 12.1. The molecule has 2 heterocycles. The molecule has 0 spiro atoms. The number of nitrogens with one attached hydrogen (secondary N) is 1. The Kier molecular flexibility index (Phi) is 11.0. The summed E-state index contributed by atoms with van der Waals surface area (Å²) in [6.07, 6.45) is 5.12. The molecule has 7 heteroatoms. The van der Waals surface area contributed by atoms with Crippen LogP contribution in [0.5, 0.6) is 0 Å². The Morgan fingerprint density at radius 2 is 2.04 bits per heavy atom. The number of likely N-dealkylation sites (tertiary alicyclic amines) is 1. The average Bonchev–Trinajstić information content (AvgIpc) is 3.21. The van der Waals surface area contributed by atoms with E-state index >= 15 is 0 Å². The van der Waals surface area contributed by atoms with Crippen LogP contribution < -0.4 is 5.32 Å². The summed E-state index contributed by atoms with van der Waals surface area (Å²) in [5.41, 5.74) is 0. The molecule has 6 nitrogen and oxygen atoms in total. The van der Waals surface area contributed by atoms with Crippen LogP contribution in [0, 0.1) is 5.92 Å². The van der Waals surface area contributed by atoms with Crippen molar-refractivity contribution >= 4 is 29.9 Å². The Hall–Kier alpha value is -0.380. The molecule has 0 aromatic carbocycles. The van der Waals surface area contributed by atoms with E-state index in [-0.39, 0.29) is 24.0 Å². The molecule has 2 atom stereocenters. The predicted molar refractivity (Wildman–Crippen MR) is 114 cm³/mol. The van der Waals surface area contributed by atoms with Crippen LogP contribution in [0.2, 0.25) is 0 Å². The normalized spacial score (nSPS) is 22.5.